The number of benzene rings is 1. The summed E-state index contributed by atoms with van der Waals surface area (Å²) < 4.78 is 51.5. The van der Waals surface area contributed by atoms with Crippen LogP contribution < -0.4 is 0 Å². The van der Waals surface area contributed by atoms with E-state index in [1.54, 1.807) is 0 Å². The van der Waals surface area contributed by atoms with Crippen molar-refractivity contribution in [2.75, 3.05) is 13.1 Å². The van der Waals surface area contributed by atoms with Gasteiger partial charge in [-0.25, -0.2) is 17.2 Å². The molecule has 0 radical (unpaired) electrons. The molecule has 1 atom stereocenters. The van der Waals surface area contributed by atoms with Gasteiger partial charge in [0.25, 0.3) is 0 Å². The molecule has 0 spiro atoms. The van der Waals surface area contributed by atoms with Crippen LogP contribution in [0.1, 0.15) is 12.8 Å². The molecule has 1 aromatic carbocycles. The van der Waals surface area contributed by atoms with Gasteiger partial charge in [0, 0.05) is 19.2 Å². The summed E-state index contributed by atoms with van der Waals surface area (Å²) in [5.74, 6) is -1.94. The molecule has 1 N–H and O–H groups in total. The lowest BCUT2D eigenvalue weighted by Gasteiger charge is -2.29. The first-order valence-corrected chi connectivity index (χ1v) is 6.98. The standard InChI is InChI=1S/C11H13F2NO3S/c12-8-3-4-11(10(13)6-8)18(16,17)14-5-1-2-9(15)7-14/h3-4,6,9,15H,1-2,5,7H2/t9-/m0/s1. The molecule has 100 valence electrons. The van der Waals surface area contributed by atoms with Crippen LogP contribution in [-0.4, -0.2) is 37.0 Å². The van der Waals surface area contributed by atoms with E-state index >= 15 is 0 Å². The zero-order valence-corrected chi connectivity index (χ0v) is 10.3. The van der Waals surface area contributed by atoms with Crippen LogP contribution in [0.4, 0.5) is 8.78 Å². The highest BCUT2D eigenvalue weighted by Gasteiger charge is 2.31. The molecule has 0 saturated carbocycles. The van der Waals surface area contributed by atoms with E-state index in [9.17, 15) is 22.3 Å². The van der Waals surface area contributed by atoms with Crippen LogP contribution in [-0.2, 0) is 10.0 Å². The normalized spacial score (nSPS) is 22.1. The fourth-order valence-corrected chi connectivity index (χ4v) is 3.52. The van der Waals surface area contributed by atoms with Gasteiger partial charge in [0.1, 0.15) is 16.5 Å². The molecule has 1 heterocycles. The third-order valence-electron chi connectivity index (χ3n) is 2.87. The number of halogens is 2. The third-order valence-corrected chi connectivity index (χ3v) is 4.77. The lowest BCUT2D eigenvalue weighted by atomic mass is 10.1. The molecule has 0 aliphatic carbocycles. The summed E-state index contributed by atoms with van der Waals surface area (Å²) in [4.78, 5) is -0.557. The zero-order chi connectivity index (χ0) is 13.3. The largest absolute Gasteiger partial charge is 0.392 e. The van der Waals surface area contributed by atoms with Gasteiger partial charge < -0.3 is 5.11 Å². The molecule has 0 aromatic heterocycles. The summed E-state index contributed by atoms with van der Waals surface area (Å²) in [5, 5.41) is 9.44. The van der Waals surface area contributed by atoms with Crippen molar-refractivity contribution in [1.29, 1.82) is 0 Å². The first-order chi connectivity index (χ1) is 8.41. The molecule has 7 heteroatoms. The molecule has 1 aliphatic heterocycles. The number of rotatable bonds is 2. The van der Waals surface area contributed by atoms with Crippen molar-refractivity contribution in [3.63, 3.8) is 0 Å². The molecule has 1 fully saturated rings. The summed E-state index contributed by atoms with van der Waals surface area (Å²) in [6.07, 6.45) is 0.304. The highest BCUT2D eigenvalue weighted by Crippen LogP contribution is 2.23. The van der Waals surface area contributed by atoms with Crippen molar-refractivity contribution < 1.29 is 22.3 Å². The Bertz CT molecular complexity index is 547. The number of β-amino-alcohol motifs (C(OH)–C–C–N with tert-alkyl or cyclic N) is 1. The molecule has 1 aromatic rings. The number of aliphatic hydroxyl groups is 1. The predicted molar refractivity (Wildman–Crippen MR) is 60.4 cm³/mol. The van der Waals surface area contributed by atoms with E-state index in [4.69, 9.17) is 0 Å². The number of piperidine rings is 1. The monoisotopic (exact) mass is 277 g/mol. The lowest BCUT2D eigenvalue weighted by Crippen LogP contribution is -2.42. The quantitative estimate of drug-likeness (QED) is 0.881. The topological polar surface area (TPSA) is 57.6 Å². The molecular weight excluding hydrogens is 264 g/mol. The van der Waals surface area contributed by atoms with Crippen molar-refractivity contribution in [3.05, 3.63) is 29.8 Å². The van der Waals surface area contributed by atoms with Crippen LogP contribution >= 0.6 is 0 Å². The lowest BCUT2D eigenvalue weighted by molar-refractivity contribution is 0.108. The van der Waals surface area contributed by atoms with Crippen LogP contribution in [0, 0.1) is 11.6 Å². The number of hydrogen-bond acceptors (Lipinski definition) is 3. The Kier molecular flexibility index (Phi) is 3.65. The third kappa shape index (κ3) is 2.52. The predicted octanol–water partition coefficient (Wildman–Crippen LogP) is 1.11. The average Bonchev–Trinajstić information content (AvgIpc) is 2.28. The second kappa shape index (κ2) is 4.91. The van der Waals surface area contributed by atoms with E-state index in [1.807, 2.05) is 0 Å². The minimum Gasteiger partial charge on any atom is -0.392 e. The van der Waals surface area contributed by atoms with Gasteiger partial charge in [-0.15, -0.1) is 0 Å². The van der Waals surface area contributed by atoms with Gasteiger partial charge in [0.15, 0.2) is 0 Å². The molecule has 1 saturated heterocycles. The van der Waals surface area contributed by atoms with Gasteiger partial charge in [0.05, 0.1) is 6.10 Å². The fraction of sp³-hybridized carbons (Fsp3) is 0.455. The number of aliphatic hydroxyl groups excluding tert-OH is 1. The van der Waals surface area contributed by atoms with Gasteiger partial charge >= 0.3 is 0 Å². The molecule has 0 bridgehead atoms. The first-order valence-electron chi connectivity index (χ1n) is 5.54. The summed E-state index contributed by atoms with van der Waals surface area (Å²) >= 11 is 0. The Morgan fingerprint density at radius 2 is 2.06 bits per heavy atom. The molecular formula is C11H13F2NO3S. The maximum atomic E-state index is 13.5. The average molecular weight is 277 g/mol. The second-order valence-electron chi connectivity index (χ2n) is 4.23. The van der Waals surface area contributed by atoms with Crippen molar-refractivity contribution >= 4 is 10.0 Å². The number of sulfonamides is 1. The van der Waals surface area contributed by atoms with Gasteiger partial charge in [0.2, 0.25) is 10.0 Å². The Morgan fingerprint density at radius 3 is 2.67 bits per heavy atom. The first kappa shape index (κ1) is 13.4. The van der Waals surface area contributed by atoms with Gasteiger partial charge in [-0.2, -0.15) is 4.31 Å². The number of hydrogen-bond donors (Lipinski definition) is 1. The number of nitrogens with zero attached hydrogens (tertiary/aromatic N) is 1. The molecule has 18 heavy (non-hydrogen) atoms. The van der Waals surface area contributed by atoms with Crippen LogP contribution in [0.15, 0.2) is 23.1 Å². The van der Waals surface area contributed by atoms with E-state index in [0.29, 0.717) is 18.9 Å². The maximum absolute atomic E-state index is 13.5. The van der Waals surface area contributed by atoms with Crippen LogP contribution in [0.25, 0.3) is 0 Å². The van der Waals surface area contributed by atoms with Crippen LogP contribution in [0.3, 0.4) is 0 Å². The smallest absolute Gasteiger partial charge is 0.246 e. The van der Waals surface area contributed by atoms with E-state index < -0.39 is 32.7 Å². The van der Waals surface area contributed by atoms with E-state index in [0.717, 1.165) is 16.4 Å². The molecule has 0 amide bonds. The van der Waals surface area contributed by atoms with Crippen molar-refractivity contribution in [2.45, 2.75) is 23.8 Å². The molecule has 1 aliphatic rings. The highest BCUT2D eigenvalue weighted by molar-refractivity contribution is 7.89. The van der Waals surface area contributed by atoms with Gasteiger partial charge in [-0.05, 0) is 25.0 Å². The Hall–Kier alpha value is -1.05. The Labute approximate surface area is 104 Å². The van der Waals surface area contributed by atoms with Crippen LogP contribution in [0.2, 0.25) is 0 Å². The minimum atomic E-state index is -4.01. The van der Waals surface area contributed by atoms with Crippen molar-refractivity contribution in [3.8, 4) is 0 Å². The van der Waals surface area contributed by atoms with Gasteiger partial charge in [-0.3, -0.25) is 0 Å². The van der Waals surface area contributed by atoms with E-state index in [2.05, 4.69) is 0 Å². The summed E-state index contributed by atoms with van der Waals surface area (Å²) in [6.45, 7) is 0.176. The summed E-state index contributed by atoms with van der Waals surface area (Å²) in [6, 6.07) is 2.34. The molecule has 0 unspecified atom stereocenters. The van der Waals surface area contributed by atoms with E-state index in [1.165, 1.54) is 0 Å². The molecule has 2 rings (SSSR count). The zero-order valence-electron chi connectivity index (χ0n) is 9.51. The SMILES string of the molecule is O=S(=O)(c1ccc(F)cc1F)N1CCC[C@H](O)C1. The second-order valence-corrected chi connectivity index (χ2v) is 6.14. The maximum Gasteiger partial charge on any atom is 0.246 e. The Morgan fingerprint density at radius 1 is 1.33 bits per heavy atom. The minimum absolute atomic E-state index is 0.0564. The highest BCUT2D eigenvalue weighted by atomic mass is 32.2. The molecule has 4 nitrogen and oxygen atoms in total. The van der Waals surface area contributed by atoms with Crippen molar-refractivity contribution in [1.82, 2.24) is 4.31 Å². The fourth-order valence-electron chi connectivity index (χ4n) is 1.96. The summed E-state index contributed by atoms with van der Waals surface area (Å²) in [5.41, 5.74) is 0. The van der Waals surface area contributed by atoms with E-state index in [-0.39, 0.29) is 13.1 Å². The summed E-state index contributed by atoms with van der Waals surface area (Å²) in [7, 11) is -4.01. The van der Waals surface area contributed by atoms with Gasteiger partial charge in [-0.1, -0.05) is 0 Å². The van der Waals surface area contributed by atoms with Crippen LogP contribution in [0.5, 0.6) is 0 Å². The van der Waals surface area contributed by atoms with Crippen molar-refractivity contribution in [2.24, 2.45) is 0 Å². The Balaban J connectivity index is 2.35.